The molecule has 27 heavy (non-hydrogen) atoms. The van der Waals surface area contributed by atoms with Gasteiger partial charge in [0.2, 0.25) is 0 Å². The van der Waals surface area contributed by atoms with E-state index in [1.54, 1.807) is 10.8 Å². The third kappa shape index (κ3) is 3.32. The Bertz CT molecular complexity index is 1060. The predicted molar refractivity (Wildman–Crippen MR) is 115 cm³/mol. The quantitative estimate of drug-likeness (QED) is 0.436. The van der Waals surface area contributed by atoms with E-state index in [1.165, 1.54) is 16.7 Å². The second kappa shape index (κ2) is 7.31. The number of aryl methyl sites for hydroxylation is 1. The number of carbonyl (C=O) groups excluding carboxylic acids is 1. The summed E-state index contributed by atoms with van der Waals surface area (Å²) in [7, 11) is 0. The molecule has 1 aliphatic heterocycles. The van der Waals surface area contributed by atoms with Crippen LogP contribution in [-0.2, 0) is 4.79 Å². The van der Waals surface area contributed by atoms with Crippen molar-refractivity contribution in [3.8, 4) is 5.69 Å². The average molecular weight is 412 g/mol. The predicted octanol–water partition coefficient (Wildman–Crippen LogP) is 5.24. The van der Waals surface area contributed by atoms with E-state index in [9.17, 15) is 4.79 Å². The van der Waals surface area contributed by atoms with E-state index in [4.69, 9.17) is 23.8 Å². The van der Waals surface area contributed by atoms with E-state index >= 15 is 0 Å². The van der Waals surface area contributed by atoms with E-state index < -0.39 is 0 Å². The summed E-state index contributed by atoms with van der Waals surface area (Å²) in [5, 5.41) is 4.98. The zero-order valence-electron chi connectivity index (χ0n) is 14.3. The van der Waals surface area contributed by atoms with Crippen LogP contribution in [0.5, 0.6) is 0 Å². The fourth-order valence-electron chi connectivity index (χ4n) is 2.81. The van der Waals surface area contributed by atoms with Gasteiger partial charge in [0.15, 0.2) is 4.32 Å². The zero-order valence-corrected chi connectivity index (χ0v) is 16.7. The summed E-state index contributed by atoms with van der Waals surface area (Å²) in [6, 6.07) is 19.0. The molecule has 1 aromatic heterocycles. The normalized spacial score (nSPS) is 15.8. The van der Waals surface area contributed by atoms with Crippen molar-refractivity contribution in [1.82, 2.24) is 9.78 Å². The Kier molecular flexibility index (Phi) is 4.86. The molecule has 0 N–H and O–H groups in total. The lowest BCUT2D eigenvalue weighted by Gasteiger charge is -2.13. The molecule has 1 amide bonds. The highest BCUT2D eigenvalue weighted by Gasteiger charge is 2.33. The largest absolute Gasteiger partial charge is 0.270 e. The molecule has 0 radical (unpaired) electrons. The molecule has 3 aromatic rings. The van der Waals surface area contributed by atoms with E-state index in [-0.39, 0.29) is 5.91 Å². The first kappa shape index (κ1) is 18.0. The van der Waals surface area contributed by atoms with Crippen molar-refractivity contribution in [2.45, 2.75) is 6.92 Å². The first-order valence-electron chi connectivity index (χ1n) is 8.20. The van der Waals surface area contributed by atoms with Crippen molar-refractivity contribution in [2.75, 3.05) is 4.90 Å². The van der Waals surface area contributed by atoms with Crippen LogP contribution in [-0.4, -0.2) is 20.0 Å². The maximum Gasteiger partial charge on any atom is 0.270 e. The standard InChI is InChI=1S/C20H14ClN3OS2/c1-13-16(18(21)24(22-13)15-10-6-3-7-11-15)12-17-19(25)23(20(26)27-17)14-8-4-2-5-9-14/h2-12H,1H3/b17-12-. The van der Waals surface area contributed by atoms with Gasteiger partial charge in [-0.1, -0.05) is 72.0 Å². The summed E-state index contributed by atoms with van der Waals surface area (Å²) in [6.45, 7) is 1.87. The molecule has 0 saturated carbocycles. The van der Waals surface area contributed by atoms with Gasteiger partial charge in [-0.25, -0.2) is 4.68 Å². The van der Waals surface area contributed by atoms with E-state index in [1.807, 2.05) is 67.6 Å². The van der Waals surface area contributed by atoms with Gasteiger partial charge in [-0.15, -0.1) is 0 Å². The third-order valence-electron chi connectivity index (χ3n) is 4.13. The summed E-state index contributed by atoms with van der Waals surface area (Å²) in [6.07, 6.45) is 1.77. The lowest BCUT2D eigenvalue weighted by Crippen LogP contribution is -2.27. The monoisotopic (exact) mass is 411 g/mol. The zero-order chi connectivity index (χ0) is 19.0. The summed E-state index contributed by atoms with van der Waals surface area (Å²) in [5.41, 5.74) is 3.08. The molecule has 2 heterocycles. The third-order valence-corrected chi connectivity index (χ3v) is 5.80. The molecule has 0 unspecified atom stereocenters. The van der Waals surface area contributed by atoms with Crippen molar-refractivity contribution in [2.24, 2.45) is 0 Å². The highest BCUT2D eigenvalue weighted by atomic mass is 35.5. The van der Waals surface area contributed by atoms with Crippen LogP contribution < -0.4 is 4.90 Å². The number of aromatic nitrogens is 2. The second-order valence-electron chi connectivity index (χ2n) is 5.89. The highest BCUT2D eigenvalue weighted by Crippen LogP contribution is 2.37. The van der Waals surface area contributed by atoms with Gasteiger partial charge in [0.05, 0.1) is 22.0 Å². The highest BCUT2D eigenvalue weighted by molar-refractivity contribution is 8.27. The lowest BCUT2D eigenvalue weighted by molar-refractivity contribution is -0.113. The molecular weight excluding hydrogens is 398 g/mol. The Labute approximate surface area is 171 Å². The molecular formula is C20H14ClN3OS2. The van der Waals surface area contributed by atoms with Gasteiger partial charge in [0, 0.05) is 5.56 Å². The number of hydrogen-bond acceptors (Lipinski definition) is 4. The molecule has 1 aliphatic rings. The Hall–Kier alpha value is -2.41. The molecule has 4 nitrogen and oxygen atoms in total. The van der Waals surface area contributed by atoms with Crippen molar-refractivity contribution >= 4 is 57.6 Å². The Morgan fingerprint density at radius 1 is 1.04 bits per heavy atom. The van der Waals surface area contributed by atoms with E-state index in [0.29, 0.717) is 19.9 Å². The number of rotatable bonds is 3. The van der Waals surface area contributed by atoms with Crippen LogP contribution in [0.2, 0.25) is 5.15 Å². The van der Waals surface area contributed by atoms with Crippen LogP contribution in [0.1, 0.15) is 11.3 Å². The van der Waals surface area contributed by atoms with Gasteiger partial charge in [0.1, 0.15) is 5.15 Å². The molecule has 134 valence electrons. The van der Waals surface area contributed by atoms with Crippen LogP contribution in [0.4, 0.5) is 5.69 Å². The molecule has 2 aromatic carbocycles. The van der Waals surface area contributed by atoms with Crippen molar-refractivity contribution in [3.05, 3.63) is 82.0 Å². The van der Waals surface area contributed by atoms with Gasteiger partial charge in [0.25, 0.3) is 5.91 Å². The Balaban J connectivity index is 1.72. The van der Waals surface area contributed by atoms with Crippen LogP contribution in [0.25, 0.3) is 11.8 Å². The van der Waals surface area contributed by atoms with E-state index in [0.717, 1.165) is 17.1 Å². The fourth-order valence-corrected chi connectivity index (χ4v) is 4.42. The van der Waals surface area contributed by atoms with Gasteiger partial charge >= 0.3 is 0 Å². The molecule has 1 fully saturated rings. The summed E-state index contributed by atoms with van der Waals surface area (Å²) in [4.78, 5) is 15.0. The molecule has 1 saturated heterocycles. The minimum atomic E-state index is -0.154. The van der Waals surface area contributed by atoms with Crippen LogP contribution in [0.15, 0.2) is 65.6 Å². The smallest absolute Gasteiger partial charge is 0.268 e. The number of amides is 1. The minimum Gasteiger partial charge on any atom is -0.268 e. The fraction of sp³-hybridized carbons (Fsp3) is 0.0500. The van der Waals surface area contributed by atoms with Crippen molar-refractivity contribution in [1.29, 1.82) is 0 Å². The summed E-state index contributed by atoms with van der Waals surface area (Å²) < 4.78 is 2.17. The van der Waals surface area contributed by atoms with Crippen LogP contribution in [0.3, 0.4) is 0 Å². The van der Waals surface area contributed by atoms with Crippen molar-refractivity contribution in [3.63, 3.8) is 0 Å². The van der Waals surface area contributed by atoms with Gasteiger partial charge in [-0.05, 0) is 37.3 Å². The number of hydrogen-bond donors (Lipinski definition) is 0. The number of benzene rings is 2. The number of para-hydroxylation sites is 2. The number of halogens is 1. The maximum atomic E-state index is 12.9. The first-order chi connectivity index (χ1) is 13.1. The van der Waals surface area contributed by atoms with Gasteiger partial charge < -0.3 is 0 Å². The number of thioether (sulfide) groups is 1. The number of anilines is 1. The average Bonchev–Trinajstić information content (AvgIpc) is 3.13. The molecule has 0 spiro atoms. The summed E-state index contributed by atoms with van der Waals surface area (Å²) >= 11 is 13.2. The van der Waals surface area contributed by atoms with Crippen LogP contribution >= 0.6 is 35.6 Å². The topological polar surface area (TPSA) is 38.1 Å². The molecule has 0 aliphatic carbocycles. The Morgan fingerprint density at radius 3 is 2.26 bits per heavy atom. The molecule has 0 bridgehead atoms. The number of carbonyl (C=O) groups is 1. The van der Waals surface area contributed by atoms with Gasteiger partial charge in [-0.2, -0.15) is 5.10 Å². The van der Waals surface area contributed by atoms with Crippen LogP contribution in [0, 0.1) is 6.92 Å². The van der Waals surface area contributed by atoms with E-state index in [2.05, 4.69) is 5.10 Å². The minimum absolute atomic E-state index is 0.154. The molecule has 7 heteroatoms. The Morgan fingerprint density at radius 2 is 1.63 bits per heavy atom. The van der Waals surface area contributed by atoms with Gasteiger partial charge in [-0.3, -0.25) is 9.69 Å². The number of nitrogens with zero attached hydrogens (tertiary/aromatic N) is 3. The number of thiocarbonyl (C=S) groups is 1. The molecule has 4 rings (SSSR count). The second-order valence-corrected chi connectivity index (χ2v) is 7.92. The molecule has 0 atom stereocenters. The SMILES string of the molecule is Cc1nn(-c2ccccc2)c(Cl)c1/C=C1\SC(=S)N(c2ccccc2)C1=O. The first-order valence-corrected chi connectivity index (χ1v) is 9.80. The maximum absolute atomic E-state index is 12.9. The van der Waals surface area contributed by atoms with Crippen molar-refractivity contribution < 1.29 is 4.79 Å². The lowest BCUT2D eigenvalue weighted by atomic mass is 10.2. The summed E-state index contributed by atoms with van der Waals surface area (Å²) in [5.74, 6) is -0.154.